The summed E-state index contributed by atoms with van der Waals surface area (Å²) >= 11 is 3.49. The lowest BCUT2D eigenvalue weighted by Crippen LogP contribution is -2.44. The van der Waals surface area contributed by atoms with E-state index in [-0.39, 0.29) is 0 Å². The fraction of sp³-hybridized carbons (Fsp3) is 0.562. The van der Waals surface area contributed by atoms with Crippen LogP contribution < -0.4 is 10.6 Å². The Kier molecular flexibility index (Phi) is 7.70. The van der Waals surface area contributed by atoms with Gasteiger partial charge in [0.1, 0.15) is 0 Å². The highest BCUT2D eigenvalue weighted by atomic mass is 79.9. The van der Waals surface area contributed by atoms with Gasteiger partial charge in [0.25, 0.3) is 0 Å². The lowest BCUT2D eigenvalue weighted by Gasteiger charge is -2.26. The first kappa shape index (κ1) is 17.2. The van der Waals surface area contributed by atoms with Crippen molar-refractivity contribution in [1.82, 2.24) is 15.5 Å². The molecule has 5 nitrogen and oxygen atoms in total. The van der Waals surface area contributed by atoms with Crippen LogP contribution in [0.2, 0.25) is 0 Å². The van der Waals surface area contributed by atoms with Gasteiger partial charge in [-0.25, -0.2) is 4.99 Å². The van der Waals surface area contributed by atoms with Crippen LogP contribution in [0.1, 0.15) is 12.5 Å². The topological polar surface area (TPSA) is 48.9 Å². The second-order valence-corrected chi connectivity index (χ2v) is 6.12. The highest BCUT2D eigenvalue weighted by Gasteiger charge is 2.09. The molecule has 0 radical (unpaired) electrons. The Bertz CT molecular complexity index is 475. The number of aliphatic imine (C=N–C) groups is 1. The van der Waals surface area contributed by atoms with Crippen molar-refractivity contribution >= 4 is 21.9 Å². The number of nitrogens with one attached hydrogen (secondary N) is 2. The second kappa shape index (κ2) is 9.82. The minimum Gasteiger partial charge on any atom is -0.379 e. The lowest BCUT2D eigenvalue weighted by atomic mass is 10.2. The number of guanidine groups is 1. The molecule has 0 saturated carbocycles. The SMILES string of the molecule is CCNC(=NCc1cccc(Br)c1)NCCN1CCOCC1. The monoisotopic (exact) mass is 368 g/mol. The van der Waals surface area contributed by atoms with Gasteiger partial charge in [0.05, 0.1) is 19.8 Å². The molecule has 1 aliphatic heterocycles. The second-order valence-electron chi connectivity index (χ2n) is 5.21. The molecule has 122 valence electrons. The predicted molar refractivity (Wildman–Crippen MR) is 94.2 cm³/mol. The number of rotatable bonds is 6. The van der Waals surface area contributed by atoms with Crippen LogP contribution in [0.15, 0.2) is 33.7 Å². The van der Waals surface area contributed by atoms with E-state index >= 15 is 0 Å². The Hall–Kier alpha value is -1.11. The minimum atomic E-state index is 0.673. The third kappa shape index (κ3) is 6.34. The number of hydrogen-bond donors (Lipinski definition) is 2. The number of ether oxygens (including phenoxy) is 1. The molecule has 2 rings (SSSR count). The first-order chi connectivity index (χ1) is 10.8. The van der Waals surface area contributed by atoms with Crippen molar-refractivity contribution in [2.75, 3.05) is 45.9 Å². The molecule has 2 N–H and O–H groups in total. The Morgan fingerprint density at radius 2 is 2.14 bits per heavy atom. The average Bonchev–Trinajstić information content (AvgIpc) is 2.54. The van der Waals surface area contributed by atoms with Gasteiger partial charge in [0.15, 0.2) is 5.96 Å². The summed E-state index contributed by atoms with van der Waals surface area (Å²) in [5, 5.41) is 6.69. The molecule has 22 heavy (non-hydrogen) atoms. The highest BCUT2D eigenvalue weighted by Crippen LogP contribution is 2.12. The molecule has 0 amide bonds. The molecular formula is C16H25BrN4O. The third-order valence-corrected chi connectivity index (χ3v) is 3.97. The molecular weight excluding hydrogens is 344 g/mol. The molecule has 0 atom stereocenters. The van der Waals surface area contributed by atoms with Crippen LogP contribution in [0.25, 0.3) is 0 Å². The summed E-state index contributed by atoms with van der Waals surface area (Å²) in [6.07, 6.45) is 0. The molecule has 1 aliphatic rings. The lowest BCUT2D eigenvalue weighted by molar-refractivity contribution is 0.0389. The van der Waals surface area contributed by atoms with Crippen molar-refractivity contribution in [2.45, 2.75) is 13.5 Å². The largest absolute Gasteiger partial charge is 0.379 e. The fourth-order valence-corrected chi connectivity index (χ4v) is 2.75. The predicted octanol–water partition coefficient (Wildman–Crippen LogP) is 1.84. The van der Waals surface area contributed by atoms with E-state index in [1.54, 1.807) is 0 Å². The zero-order valence-corrected chi connectivity index (χ0v) is 14.7. The van der Waals surface area contributed by atoms with E-state index in [1.165, 1.54) is 5.56 Å². The van der Waals surface area contributed by atoms with Gasteiger partial charge in [-0.05, 0) is 24.6 Å². The molecule has 1 fully saturated rings. The van der Waals surface area contributed by atoms with Crippen molar-refractivity contribution < 1.29 is 4.74 Å². The number of hydrogen-bond acceptors (Lipinski definition) is 3. The van der Waals surface area contributed by atoms with Crippen LogP contribution in [-0.4, -0.2) is 56.8 Å². The van der Waals surface area contributed by atoms with Crippen LogP contribution in [-0.2, 0) is 11.3 Å². The van der Waals surface area contributed by atoms with E-state index in [1.807, 2.05) is 12.1 Å². The summed E-state index contributed by atoms with van der Waals surface area (Å²) in [6.45, 7) is 9.26. The molecule has 0 unspecified atom stereocenters. The zero-order valence-electron chi connectivity index (χ0n) is 13.1. The molecule has 0 aromatic heterocycles. The van der Waals surface area contributed by atoms with E-state index in [0.717, 1.165) is 56.4 Å². The van der Waals surface area contributed by atoms with Gasteiger partial charge < -0.3 is 15.4 Å². The third-order valence-electron chi connectivity index (χ3n) is 3.48. The zero-order chi connectivity index (χ0) is 15.6. The maximum atomic E-state index is 5.36. The molecule has 0 spiro atoms. The van der Waals surface area contributed by atoms with Crippen molar-refractivity contribution in [3.8, 4) is 0 Å². The van der Waals surface area contributed by atoms with E-state index in [0.29, 0.717) is 6.54 Å². The van der Waals surface area contributed by atoms with Crippen molar-refractivity contribution in [1.29, 1.82) is 0 Å². The van der Waals surface area contributed by atoms with E-state index in [2.05, 4.69) is 55.5 Å². The summed E-state index contributed by atoms with van der Waals surface area (Å²) in [6, 6.07) is 8.25. The van der Waals surface area contributed by atoms with Crippen LogP contribution in [0.3, 0.4) is 0 Å². The maximum Gasteiger partial charge on any atom is 0.191 e. The van der Waals surface area contributed by atoms with Gasteiger partial charge in [0, 0.05) is 37.2 Å². The Morgan fingerprint density at radius 1 is 1.32 bits per heavy atom. The van der Waals surface area contributed by atoms with Crippen molar-refractivity contribution in [3.05, 3.63) is 34.3 Å². The minimum absolute atomic E-state index is 0.673. The summed E-state index contributed by atoms with van der Waals surface area (Å²) in [5.41, 5.74) is 1.19. The van der Waals surface area contributed by atoms with Crippen molar-refractivity contribution in [3.63, 3.8) is 0 Å². The molecule has 1 aromatic carbocycles. The first-order valence-electron chi connectivity index (χ1n) is 7.84. The summed E-state index contributed by atoms with van der Waals surface area (Å²) in [5.74, 6) is 0.871. The fourth-order valence-electron chi connectivity index (χ4n) is 2.30. The number of nitrogens with zero attached hydrogens (tertiary/aromatic N) is 2. The van der Waals surface area contributed by atoms with Crippen LogP contribution in [0.4, 0.5) is 0 Å². The maximum absolute atomic E-state index is 5.36. The van der Waals surface area contributed by atoms with Crippen LogP contribution in [0.5, 0.6) is 0 Å². The number of benzene rings is 1. The van der Waals surface area contributed by atoms with E-state index in [4.69, 9.17) is 4.74 Å². The highest BCUT2D eigenvalue weighted by molar-refractivity contribution is 9.10. The molecule has 1 aromatic rings. The van der Waals surface area contributed by atoms with Gasteiger partial charge in [-0.1, -0.05) is 28.1 Å². The first-order valence-corrected chi connectivity index (χ1v) is 8.64. The summed E-state index contributed by atoms with van der Waals surface area (Å²) < 4.78 is 6.45. The molecule has 0 bridgehead atoms. The van der Waals surface area contributed by atoms with Crippen molar-refractivity contribution in [2.24, 2.45) is 4.99 Å². The van der Waals surface area contributed by atoms with E-state index in [9.17, 15) is 0 Å². The summed E-state index contributed by atoms with van der Waals surface area (Å²) in [4.78, 5) is 7.05. The molecule has 6 heteroatoms. The van der Waals surface area contributed by atoms with Gasteiger partial charge in [0.2, 0.25) is 0 Å². The quantitative estimate of drug-likeness (QED) is 0.594. The average molecular weight is 369 g/mol. The van der Waals surface area contributed by atoms with Gasteiger partial charge in [-0.3, -0.25) is 4.90 Å². The molecule has 1 saturated heterocycles. The molecule has 0 aliphatic carbocycles. The summed E-state index contributed by atoms with van der Waals surface area (Å²) in [7, 11) is 0. The number of halogens is 1. The standard InChI is InChI=1S/C16H25BrN4O/c1-2-18-16(19-6-7-21-8-10-22-11-9-21)20-13-14-4-3-5-15(17)12-14/h3-5,12H,2,6-11,13H2,1H3,(H2,18,19,20). The van der Waals surface area contributed by atoms with Crippen LogP contribution in [0, 0.1) is 0 Å². The van der Waals surface area contributed by atoms with E-state index < -0.39 is 0 Å². The van der Waals surface area contributed by atoms with Gasteiger partial charge in [-0.2, -0.15) is 0 Å². The number of morpholine rings is 1. The molecule has 1 heterocycles. The Morgan fingerprint density at radius 3 is 2.86 bits per heavy atom. The Labute approximate surface area is 141 Å². The van der Waals surface area contributed by atoms with Crippen LogP contribution >= 0.6 is 15.9 Å². The Balaban J connectivity index is 1.79. The van der Waals surface area contributed by atoms with Gasteiger partial charge in [-0.15, -0.1) is 0 Å². The van der Waals surface area contributed by atoms with Gasteiger partial charge >= 0.3 is 0 Å². The normalized spacial score (nSPS) is 16.5. The smallest absolute Gasteiger partial charge is 0.191 e.